The molecule has 1 amide bonds. The standard InChI is InChI=1S/C54H95NO5/c1-4-7-10-13-16-19-21-23-25-26-27-29-31-33-35-38-41-44-47-54(59)60-50(45-42-39-36-18-15-12-9-6-3)48-53(58)55-51(49-56)52(57)46-43-40-37-34-32-30-28-24-22-20-17-14-11-8-5-2/h10,12-13,15-16,19,21,23,25-27,29,50-52,56-57H,4-9,11,14,17-18,20,22,24,28,30-49H2,1-3H3,(H,55,58)/b13-10+,15-12-,19-16+,23-21+,26-25+,29-27+. The molecule has 0 spiro atoms. The minimum absolute atomic E-state index is 0.0527. The van der Waals surface area contributed by atoms with Crippen LogP contribution in [-0.4, -0.2) is 46.9 Å². The van der Waals surface area contributed by atoms with Crippen LogP contribution in [-0.2, 0) is 14.3 Å². The SMILES string of the molecule is CCC/C=C\CCCCCC(CC(=O)NC(CO)C(O)CCCCCCCCCCCCCCCCC)OC(=O)CCCCCCC/C=C/C=C/C=C/C=C/C=C/CCC. The number of allylic oxidation sites excluding steroid dienone is 12. The van der Waals surface area contributed by atoms with Crippen LogP contribution in [0.4, 0.5) is 0 Å². The molecule has 6 nitrogen and oxygen atoms in total. The van der Waals surface area contributed by atoms with Crippen molar-refractivity contribution in [2.75, 3.05) is 6.61 Å². The number of aliphatic hydroxyl groups excluding tert-OH is 2. The first kappa shape index (κ1) is 57.3. The second-order valence-corrected chi connectivity index (χ2v) is 17.0. The Morgan fingerprint density at radius 1 is 0.483 bits per heavy atom. The molecule has 0 heterocycles. The van der Waals surface area contributed by atoms with Gasteiger partial charge in [-0.3, -0.25) is 9.59 Å². The molecule has 0 rings (SSSR count). The first-order valence-electron chi connectivity index (χ1n) is 25.2. The highest BCUT2D eigenvalue weighted by Crippen LogP contribution is 2.17. The third-order valence-electron chi connectivity index (χ3n) is 11.1. The summed E-state index contributed by atoms with van der Waals surface area (Å²) in [6.45, 7) is 6.31. The van der Waals surface area contributed by atoms with Crippen LogP contribution in [0.5, 0.6) is 0 Å². The van der Waals surface area contributed by atoms with Crippen LogP contribution in [0.15, 0.2) is 72.9 Å². The summed E-state index contributed by atoms with van der Waals surface area (Å²) in [5.74, 6) is -0.525. The number of nitrogens with one attached hydrogen (secondary N) is 1. The summed E-state index contributed by atoms with van der Waals surface area (Å²) in [4.78, 5) is 26.0. The Hall–Kier alpha value is -2.70. The van der Waals surface area contributed by atoms with Crippen molar-refractivity contribution >= 4 is 11.9 Å². The molecule has 3 N–H and O–H groups in total. The van der Waals surface area contributed by atoms with Gasteiger partial charge in [0, 0.05) is 6.42 Å². The van der Waals surface area contributed by atoms with Crippen LogP contribution in [0.3, 0.4) is 0 Å². The number of carbonyl (C=O) groups is 2. The molecular weight excluding hydrogens is 743 g/mol. The lowest BCUT2D eigenvalue weighted by Crippen LogP contribution is -2.46. The van der Waals surface area contributed by atoms with Crippen LogP contribution in [0.1, 0.15) is 233 Å². The maximum Gasteiger partial charge on any atom is 0.306 e. The molecule has 0 aromatic rings. The summed E-state index contributed by atoms with van der Waals surface area (Å²) < 4.78 is 5.88. The summed E-state index contributed by atoms with van der Waals surface area (Å²) in [7, 11) is 0. The van der Waals surface area contributed by atoms with Crippen molar-refractivity contribution in [2.45, 2.75) is 251 Å². The Balaban J connectivity index is 4.48. The van der Waals surface area contributed by atoms with Crippen molar-refractivity contribution in [1.82, 2.24) is 5.32 Å². The molecule has 0 aliphatic rings. The Bertz CT molecular complexity index is 1120. The normalized spacial score (nSPS) is 13.9. The molecule has 0 saturated carbocycles. The number of rotatable bonds is 44. The highest BCUT2D eigenvalue weighted by molar-refractivity contribution is 5.77. The topological polar surface area (TPSA) is 95.9 Å². The number of unbranched alkanes of at least 4 members (excludes halogenated alkanes) is 24. The van der Waals surface area contributed by atoms with E-state index < -0.39 is 18.2 Å². The highest BCUT2D eigenvalue weighted by Gasteiger charge is 2.24. The van der Waals surface area contributed by atoms with E-state index in [1.807, 2.05) is 24.3 Å². The third kappa shape index (κ3) is 42.0. The van der Waals surface area contributed by atoms with Crippen molar-refractivity contribution in [3.8, 4) is 0 Å². The fourth-order valence-corrected chi connectivity index (χ4v) is 7.29. The van der Waals surface area contributed by atoms with Gasteiger partial charge in [0.2, 0.25) is 5.91 Å². The van der Waals surface area contributed by atoms with Crippen LogP contribution in [0.25, 0.3) is 0 Å². The van der Waals surface area contributed by atoms with Gasteiger partial charge < -0.3 is 20.3 Å². The number of amides is 1. The van der Waals surface area contributed by atoms with E-state index >= 15 is 0 Å². The van der Waals surface area contributed by atoms with E-state index in [9.17, 15) is 19.8 Å². The molecule has 0 aliphatic heterocycles. The smallest absolute Gasteiger partial charge is 0.306 e. The average molecular weight is 838 g/mol. The maximum atomic E-state index is 13.1. The predicted molar refractivity (Wildman–Crippen MR) is 259 cm³/mol. The van der Waals surface area contributed by atoms with Gasteiger partial charge in [0.15, 0.2) is 0 Å². The molecule has 3 atom stereocenters. The fourth-order valence-electron chi connectivity index (χ4n) is 7.29. The molecule has 6 heteroatoms. The molecule has 0 radical (unpaired) electrons. The lowest BCUT2D eigenvalue weighted by molar-refractivity contribution is -0.151. The lowest BCUT2D eigenvalue weighted by atomic mass is 10.0. The Morgan fingerprint density at radius 2 is 0.900 bits per heavy atom. The maximum absolute atomic E-state index is 13.1. The van der Waals surface area contributed by atoms with Gasteiger partial charge in [-0.15, -0.1) is 0 Å². The summed E-state index contributed by atoms with van der Waals surface area (Å²) in [5.41, 5.74) is 0. The fraction of sp³-hybridized carbons (Fsp3) is 0.741. The van der Waals surface area contributed by atoms with E-state index in [4.69, 9.17) is 4.74 Å². The van der Waals surface area contributed by atoms with Crippen LogP contribution < -0.4 is 5.32 Å². The van der Waals surface area contributed by atoms with Gasteiger partial charge in [0.25, 0.3) is 0 Å². The van der Waals surface area contributed by atoms with Gasteiger partial charge >= 0.3 is 5.97 Å². The number of carbonyl (C=O) groups excluding carboxylic acids is 2. The molecule has 0 aliphatic carbocycles. The molecule has 0 saturated heterocycles. The quantitative estimate of drug-likeness (QED) is 0.0246. The third-order valence-corrected chi connectivity index (χ3v) is 11.1. The van der Waals surface area contributed by atoms with Gasteiger partial charge in [0.1, 0.15) is 6.10 Å². The van der Waals surface area contributed by atoms with E-state index in [0.29, 0.717) is 19.3 Å². The Kier molecular flexibility index (Phi) is 45.2. The molecule has 60 heavy (non-hydrogen) atoms. The van der Waals surface area contributed by atoms with E-state index in [-0.39, 0.29) is 24.9 Å². The second-order valence-electron chi connectivity index (χ2n) is 17.0. The van der Waals surface area contributed by atoms with Crippen molar-refractivity contribution in [3.63, 3.8) is 0 Å². The van der Waals surface area contributed by atoms with Gasteiger partial charge in [-0.05, 0) is 64.2 Å². The van der Waals surface area contributed by atoms with Gasteiger partial charge in [0.05, 0.1) is 25.2 Å². The number of hydrogen-bond acceptors (Lipinski definition) is 5. The second kappa shape index (κ2) is 47.4. The largest absolute Gasteiger partial charge is 0.462 e. The Labute approximate surface area is 371 Å². The summed E-state index contributed by atoms with van der Waals surface area (Å²) in [6.07, 6.45) is 59.6. The van der Waals surface area contributed by atoms with Crippen LogP contribution >= 0.6 is 0 Å². The molecule has 0 aromatic heterocycles. The van der Waals surface area contributed by atoms with E-state index in [1.165, 1.54) is 83.5 Å². The van der Waals surface area contributed by atoms with Gasteiger partial charge in [-0.2, -0.15) is 0 Å². The zero-order valence-corrected chi connectivity index (χ0v) is 39.3. The Morgan fingerprint density at radius 3 is 1.45 bits per heavy atom. The first-order chi connectivity index (χ1) is 29.5. The number of hydrogen-bond donors (Lipinski definition) is 3. The van der Waals surface area contributed by atoms with Crippen LogP contribution in [0, 0.1) is 0 Å². The zero-order valence-electron chi connectivity index (χ0n) is 39.3. The number of aliphatic hydroxyl groups is 2. The molecule has 0 aromatic carbocycles. The first-order valence-corrected chi connectivity index (χ1v) is 25.2. The molecule has 0 bridgehead atoms. The molecule has 346 valence electrons. The summed E-state index contributed by atoms with van der Waals surface area (Å²) in [6, 6.07) is -0.713. The number of esters is 1. The van der Waals surface area contributed by atoms with Crippen molar-refractivity contribution in [1.29, 1.82) is 0 Å². The average Bonchev–Trinajstić information content (AvgIpc) is 3.24. The molecule has 3 unspecified atom stereocenters. The van der Waals surface area contributed by atoms with Crippen molar-refractivity contribution < 1.29 is 24.5 Å². The molecular formula is C54H95NO5. The van der Waals surface area contributed by atoms with Gasteiger partial charge in [-0.25, -0.2) is 0 Å². The minimum atomic E-state index is -0.798. The van der Waals surface area contributed by atoms with Crippen LogP contribution in [0.2, 0.25) is 0 Å². The zero-order chi connectivity index (χ0) is 43.8. The number of ether oxygens (including phenoxy) is 1. The van der Waals surface area contributed by atoms with Crippen molar-refractivity contribution in [3.05, 3.63) is 72.9 Å². The molecule has 0 fully saturated rings. The van der Waals surface area contributed by atoms with Gasteiger partial charge in [-0.1, -0.05) is 229 Å². The minimum Gasteiger partial charge on any atom is -0.462 e. The van der Waals surface area contributed by atoms with Crippen molar-refractivity contribution in [2.24, 2.45) is 0 Å². The monoisotopic (exact) mass is 838 g/mol. The highest BCUT2D eigenvalue weighted by atomic mass is 16.5. The van der Waals surface area contributed by atoms with E-state index in [2.05, 4.69) is 74.7 Å². The summed E-state index contributed by atoms with van der Waals surface area (Å²) in [5, 5.41) is 23.7. The predicted octanol–water partition coefficient (Wildman–Crippen LogP) is 15.0. The summed E-state index contributed by atoms with van der Waals surface area (Å²) >= 11 is 0. The van der Waals surface area contributed by atoms with E-state index in [1.54, 1.807) is 0 Å². The lowest BCUT2D eigenvalue weighted by Gasteiger charge is -2.24. The van der Waals surface area contributed by atoms with E-state index in [0.717, 1.165) is 103 Å².